The van der Waals surface area contributed by atoms with Crippen LogP contribution in [0.3, 0.4) is 0 Å². The monoisotopic (exact) mass is 644 g/mol. The Hall–Kier alpha value is -6.95. The van der Waals surface area contributed by atoms with E-state index in [1.54, 1.807) is 0 Å². The molecule has 1 aromatic heterocycles. The Kier molecular flexibility index (Phi) is 5.77. The van der Waals surface area contributed by atoms with E-state index in [4.69, 9.17) is 0 Å². The second-order valence-electron chi connectivity index (χ2n) is 13.6. The van der Waals surface area contributed by atoms with Crippen LogP contribution in [0.15, 0.2) is 170 Å². The van der Waals surface area contributed by atoms with Gasteiger partial charge >= 0.3 is 0 Å². The van der Waals surface area contributed by atoms with Crippen LogP contribution in [0, 0.1) is 11.3 Å². The van der Waals surface area contributed by atoms with Crippen LogP contribution < -0.4 is 0 Å². The number of hydrogen-bond donors (Lipinski definition) is 0. The number of hydrogen-bond acceptors (Lipinski definition) is 1. The molecule has 10 aromatic carbocycles. The molecule has 0 saturated carbocycles. The van der Waals surface area contributed by atoms with Crippen molar-refractivity contribution in [2.24, 2.45) is 0 Å². The molecular formula is C49H28N2. The highest BCUT2D eigenvalue weighted by Crippen LogP contribution is 2.48. The van der Waals surface area contributed by atoms with Crippen LogP contribution in [0.25, 0.3) is 104 Å². The number of nitriles is 1. The molecule has 0 amide bonds. The third kappa shape index (κ3) is 3.92. The van der Waals surface area contributed by atoms with Gasteiger partial charge in [-0.2, -0.15) is 5.26 Å². The Morgan fingerprint density at radius 2 is 1.02 bits per heavy atom. The van der Waals surface area contributed by atoms with Crippen LogP contribution >= 0.6 is 0 Å². The fourth-order valence-electron chi connectivity index (χ4n) is 8.77. The maximum Gasteiger partial charge on any atom is 0.0998 e. The predicted octanol–water partition coefficient (Wildman–Crippen LogP) is 13.2. The third-order valence-corrected chi connectivity index (χ3v) is 10.9. The van der Waals surface area contributed by atoms with Crippen molar-refractivity contribution in [3.63, 3.8) is 0 Å². The standard InChI is InChI=1S/C49H28N2/c50-29-34-22-25-44-49-38(34)24-21-33-26-35(28-45(47(33)49)51(44)36-23-20-30-10-1-2-12-32(30)27-36)46-40-15-5-7-17-42(40)48(43-18-8-6-16-41(43)46)39-19-9-13-31-11-3-4-14-37(31)39/h1-28H. The zero-order valence-electron chi connectivity index (χ0n) is 27.6. The lowest BCUT2D eigenvalue weighted by molar-refractivity contribution is 1.19. The van der Waals surface area contributed by atoms with E-state index < -0.39 is 0 Å². The summed E-state index contributed by atoms with van der Waals surface area (Å²) in [5.74, 6) is 0. The fraction of sp³-hybridized carbons (Fsp3) is 0. The number of benzene rings is 10. The molecule has 11 aromatic rings. The quantitative estimate of drug-likeness (QED) is 0.139. The smallest absolute Gasteiger partial charge is 0.0998 e. The SMILES string of the molecule is N#Cc1ccc2c3c1ccc1cc(-c4c5ccccc5c(-c5cccc6ccccc56)c5ccccc45)cc(c13)n2-c1ccc2ccccc2c1. The van der Waals surface area contributed by atoms with Gasteiger partial charge in [0.1, 0.15) is 0 Å². The van der Waals surface area contributed by atoms with Gasteiger partial charge in [0.25, 0.3) is 0 Å². The van der Waals surface area contributed by atoms with Gasteiger partial charge in [-0.05, 0) is 107 Å². The summed E-state index contributed by atoms with van der Waals surface area (Å²) in [6.07, 6.45) is 0. The molecule has 0 aliphatic carbocycles. The predicted molar refractivity (Wildman–Crippen MR) is 215 cm³/mol. The molecule has 0 aliphatic rings. The Morgan fingerprint density at radius 1 is 0.392 bits per heavy atom. The Morgan fingerprint density at radius 3 is 1.76 bits per heavy atom. The van der Waals surface area contributed by atoms with Gasteiger partial charge in [0, 0.05) is 21.8 Å². The molecular weight excluding hydrogens is 617 g/mol. The topological polar surface area (TPSA) is 28.7 Å². The van der Waals surface area contributed by atoms with Crippen molar-refractivity contribution in [3.05, 3.63) is 175 Å². The summed E-state index contributed by atoms with van der Waals surface area (Å²) in [4.78, 5) is 0. The first kappa shape index (κ1) is 27.9. The molecule has 0 fully saturated rings. The number of aromatic nitrogens is 1. The van der Waals surface area contributed by atoms with Gasteiger partial charge < -0.3 is 4.57 Å². The minimum Gasteiger partial charge on any atom is -0.309 e. The van der Waals surface area contributed by atoms with Crippen LogP contribution in [0.4, 0.5) is 0 Å². The van der Waals surface area contributed by atoms with E-state index in [0.717, 1.165) is 27.5 Å². The fourth-order valence-corrected chi connectivity index (χ4v) is 8.77. The molecule has 0 unspecified atom stereocenters. The lowest BCUT2D eigenvalue weighted by Gasteiger charge is -2.19. The Bertz CT molecular complexity index is 3200. The molecule has 2 nitrogen and oxygen atoms in total. The zero-order chi connectivity index (χ0) is 33.6. The second-order valence-corrected chi connectivity index (χ2v) is 13.6. The summed E-state index contributed by atoms with van der Waals surface area (Å²) >= 11 is 0. The molecule has 2 heteroatoms. The Labute approximate surface area is 294 Å². The molecule has 0 atom stereocenters. The first-order valence-corrected chi connectivity index (χ1v) is 17.4. The molecule has 0 spiro atoms. The van der Waals surface area contributed by atoms with E-state index in [1.165, 1.54) is 76.1 Å². The molecule has 51 heavy (non-hydrogen) atoms. The molecule has 0 aliphatic heterocycles. The highest BCUT2D eigenvalue weighted by atomic mass is 15.0. The van der Waals surface area contributed by atoms with Crippen molar-refractivity contribution in [3.8, 4) is 34.0 Å². The summed E-state index contributed by atoms with van der Waals surface area (Å²) in [5.41, 5.74) is 8.98. The summed E-state index contributed by atoms with van der Waals surface area (Å²) in [6.45, 7) is 0. The van der Waals surface area contributed by atoms with Gasteiger partial charge in [0.15, 0.2) is 0 Å². The lowest BCUT2D eigenvalue weighted by atomic mass is 9.84. The van der Waals surface area contributed by atoms with Crippen LogP contribution in [0.2, 0.25) is 0 Å². The van der Waals surface area contributed by atoms with Gasteiger partial charge in [-0.3, -0.25) is 0 Å². The van der Waals surface area contributed by atoms with Crippen molar-refractivity contribution in [2.45, 2.75) is 0 Å². The van der Waals surface area contributed by atoms with Gasteiger partial charge in [0.2, 0.25) is 0 Å². The van der Waals surface area contributed by atoms with E-state index in [-0.39, 0.29) is 0 Å². The number of nitrogens with zero attached hydrogens (tertiary/aromatic N) is 2. The van der Waals surface area contributed by atoms with E-state index in [9.17, 15) is 5.26 Å². The first-order valence-electron chi connectivity index (χ1n) is 17.4. The molecule has 0 N–H and O–H groups in total. The zero-order valence-corrected chi connectivity index (χ0v) is 27.6. The third-order valence-electron chi connectivity index (χ3n) is 10.9. The molecule has 1 heterocycles. The number of rotatable bonds is 3. The summed E-state index contributed by atoms with van der Waals surface area (Å²) in [7, 11) is 0. The normalized spacial score (nSPS) is 11.9. The van der Waals surface area contributed by atoms with Crippen molar-refractivity contribution in [2.75, 3.05) is 0 Å². The van der Waals surface area contributed by atoms with Crippen LogP contribution in [0.1, 0.15) is 5.56 Å². The second kappa shape index (κ2) is 10.5. The highest BCUT2D eigenvalue weighted by molar-refractivity contribution is 6.28. The molecule has 234 valence electrons. The van der Waals surface area contributed by atoms with E-state index >= 15 is 0 Å². The molecule has 0 radical (unpaired) electrons. The van der Waals surface area contributed by atoms with E-state index in [1.807, 2.05) is 6.07 Å². The van der Waals surface area contributed by atoms with Crippen molar-refractivity contribution < 1.29 is 0 Å². The summed E-state index contributed by atoms with van der Waals surface area (Å²) in [5, 5.41) is 24.4. The largest absolute Gasteiger partial charge is 0.309 e. The van der Waals surface area contributed by atoms with Crippen LogP contribution in [0.5, 0.6) is 0 Å². The Balaban J connectivity index is 1.28. The van der Waals surface area contributed by atoms with Crippen LogP contribution in [-0.4, -0.2) is 4.57 Å². The van der Waals surface area contributed by atoms with Gasteiger partial charge in [-0.1, -0.05) is 133 Å². The van der Waals surface area contributed by atoms with Crippen LogP contribution in [-0.2, 0) is 0 Å². The summed E-state index contributed by atoms with van der Waals surface area (Å²) < 4.78 is 2.40. The van der Waals surface area contributed by atoms with Crippen molar-refractivity contribution in [1.29, 1.82) is 5.26 Å². The van der Waals surface area contributed by atoms with Crippen molar-refractivity contribution >= 4 is 75.7 Å². The maximum absolute atomic E-state index is 10.1. The van der Waals surface area contributed by atoms with Gasteiger partial charge in [0.05, 0.1) is 22.7 Å². The molecule has 11 rings (SSSR count). The molecule has 0 bridgehead atoms. The summed E-state index contributed by atoms with van der Waals surface area (Å²) in [6, 6.07) is 64.0. The minimum atomic E-state index is 0.701. The van der Waals surface area contributed by atoms with E-state index in [0.29, 0.717) is 5.56 Å². The average Bonchev–Trinajstić information content (AvgIpc) is 3.53. The van der Waals surface area contributed by atoms with Crippen molar-refractivity contribution in [1.82, 2.24) is 4.57 Å². The highest BCUT2D eigenvalue weighted by Gasteiger charge is 2.22. The minimum absolute atomic E-state index is 0.701. The maximum atomic E-state index is 10.1. The number of fused-ring (bicyclic) bond motifs is 4. The van der Waals surface area contributed by atoms with Gasteiger partial charge in [-0.15, -0.1) is 0 Å². The van der Waals surface area contributed by atoms with E-state index in [2.05, 4.69) is 174 Å². The first-order chi connectivity index (χ1) is 25.3. The average molecular weight is 645 g/mol. The van der Waals surface area contributed by atoms with Gasteiger partial charge in [-0.25, -0.2) is 0 Å². The lowest BCUT2D eigenvalue weighted by Crippen LogP contribution is -1.95. The molecule has 0 saturated heterocycles.